The lowest BCUT2D eigenvalue weighted by Gasteiger charge is -2.22. The van der Waals surface area contributed by atoms with Crippen LogP contribution < -0.4 is 0 Å². The Morgan fingerprint density at radius 2 is 1.36 bits per heavy atom. The van der Waals surface area contributed by atoms with Gasteiger partial charge in [0.05, 0.1) is 5.69 Å². The van der Waals surface area contributed by atoms with Crippen LogP contribution in [0.2, 0.25) is 0 Å². The van der Waals surface area contributed by atoms with Crippen molar-refractivity contribution in [2.24, 2.45) is 0 Å². The van der Waals surface area contributed by atoms with Crippen molar-refractivity contribution in [3.05, 3.63) is 125 Å². The van der Waals surface area contributed by atoms with Crippen molar-refractivity contribution in [2.45, 2.75) is 51.9 Å². The van der Waals surface area contributed by atoms with E-state index in [9.17, 15) is 0 Å². The Balaban J connectivity index is 1.33. The van der Waals surface area contributed by atoms with Crippen LogP contribution in [0, 0.1) is 0 Å². The molecule has 0 amide bonds. The van der Waals surface area contributed by atoms with Crippen molar-refractivity contribution in [1.29, 1.82) is 0 Å². The zero-order valence-electron chi connectivity index (χ0n) is 22.9. The van der Waals surface area contributed by atoms with Gasteiger partial charge in [-0.1, -0.05) is 81.4 Å². The fourth-order valence-corrected chi connectivity index (χ4v) is 6.04. The minimum Gasteiger partial charge on any atom is -0.456 e. The molecule has 0 aliphatic heterocycles. The van der Waals surface area contributed by atoms with Gasteiger partial charge in [0.15, 0.2) is 0 Å². The number of aromatic nitrogens is 1. The Morgan fingerprint density at radius 1 is 0.641 bits per heavy atom. The summed E-state index contributed by atoms with van der Waals surface area (Å²) in [4.78, 5) is 4.80. The van der Waals surface area contributed by atoms with Gasteiger partial charge in [0, 0.05) is 22.7 Å². The molecule has 0 fully saturated rings. The molecule has 4 aromatic carbocycles. The third kappa shape index (κ3) is 4.44. The maximum Gasteiger partial charge on any atom is 0.138 e. The lowest BCUT2D eigenvalue weighted by atomic mass is 9.82. The first-order valence-corrected chi connectivity index (χ1v) is 14.0. The Morgan fingerprint density at radius 3 is 2.13 bits per heavy atom. The van der Waals surface area contributed by atoms with Gasteiger partial charge in [-0.2, -0.15) is 0 Å². The number of rotatable bonds is 2. The van der Waals surface area contributed by atoms with E-state index in [2.05, 4.69) is 112 Å². The first-order valence-electron chi connectivity index (χ1n) is 14.0. The van der Waals surface area contributed by atoms with E-state index >= 15 is 0 Å². The van der Waals surface area contributed by atoms with Crippen LogP contribution in [0.3, 0.4) is 0 Å². The maximum atomic E-state index is 6.66. The molecule has 2 heterocycles. The standard InChI is InChI=1S/C37H33NO/c1-37(2,3)33-21-30(20-28-6-4-5-7-31(28)33)34-22-29(18-19-38-34)35-23-32-26-14-12-24-8-10-25(11-9-24)13-15-27(17-16-26)36(32)39-35/h4-11,16-23H,12-15H2,1-3H3. The second kappa shape index (κ2) is 9.24. The third-order valence-corrected chi connectivity index (χ3v) is 8.25. The Kier molecular flexibility index (Phi) is 5.66. The predicted molar refractivity (Wildman–Crippen MR) is 162 cm³/mol. The second-order valence-electron chi connectivity index (χ2n) is 12.0. The molecular formula is C37H33NO. The highest BCUT2D eigenvalue weighted by molar-refractivity contribution is 5.92. The van der Waals surface area contributed by atoms with E-state index in [1.807, 2.05) is 6.20 Å². The molecule has 6 aromatic rings. The van der Waals surface area contributed by atoms with Gasteiger partial charge in [0.25, 0.3) is 0 Å². The quantitative estimate of drug-likeness (QED) is 0.233. The van der Waals surface area contributed by atoms with Crippen molar-refractivity contribution in [3.8, 4) is 22.6 Å². The van der Waals surface area contributed by atoms with Crippen molar-refractivity contribution in [3.63, 3.8) is 0 Å². The van der Waals surface area contributed by atoms with Gasteiger partial charge in [-0.25, -0.2) is 0 Å². The lowest BCUT2D eigenvalue weighted by Crippen LogP contribution is -2.12. The number of benzene rings is 4. The van der Waals surface area contributed by atoms with E-state index < -0.39 is 0 Å². The van der Waals surface area contributed by atoms with Crippen molar-refractivity contribution < 1.29 is 4.42 Å². The molecular weight excluding hydrogens is 474 g/mol. The van der Waals surface area contributed by atoms with Crippen LogP contribution in [0.4, 0.5) is 0 Å². The highest BCUT2D eigenvalue weighted by atomic mass is 16.3. The largest absolute Gasteiger partial charge is 0.456 e. The number of fused-ring (bicyclic) bond motifs is 1. The first kappa shape index (κ1) is 23.9. The average Bonchev–Trinajstić information content (AvgIpc) is 3.40. The number of aryl methyl sites for hydroxylation is 4. The Labute approximate surface area is 230 Å². The Hall–Kier alpha value is -4.17. The summed E-state index contributed by atoms with van der Waals surface area (Å²) in [6.07, 6.45) is 5.94. The van der Waals surface area contributed by atoms with Crippen molar-refractivity contribution in [1.82, 2.24) is 4.98 Å². The number of furan rings is 1. The molecule has 0 spiro atoms. The summed E-state index contributed by atoms with van der Waals surface area (Å²) in [5.41, 5.74) is 11.0. The van der Waals surface area contributed by atoms with Crippen molar-refractivity contribution in [2.75, 3.05) is 0 Å². The summed E-state index contributed by atoms with van der Waals surface area (Å²) in [6, 6.07) is 33.5. The summed E-state index contributed by atoms with van der Waals surface area (Å²) in [5, 5.41) is 3.80. The molecule has 10 rings (SSSR count). The molecule has 2 nitrogen and oxygen atoms in total. The van der Waals surface area contributed by atoms with Crippen LogP contribution in [0.25, 0.3) is 44.3 Å². The van der Waals surface area contributed by atoms with Crippen LogP contribution in [0.1, 0.15) is 48.6 Å². The van der Waals surface area contributed by atoms with Gasteiger partial charge in [0.2, 0.25) is 0 Å². The fraction of sp³-hybridized carbons (Fsp3) is 0.216. The normalized spacial score (nSPS) is 13.6. The molecule has 2 heteroatoms. The van der Waals surface area contributed by atoms with E-state index in [0.29, 0.717) is 0 Å². The van der Waals surface area contributed by atoms with E-state index in [0.717, 1.165) is 53.8 Å². The van der Waals surface area contributed by atoms with Crippen LogP contribution in [0.15, 0.2) is 102 Å². The third-order valence-electron chi connectivity index (χ3n) is 8.25. The van der Waals surface area contributed by atoms with E-state index in [-0.39, 0.29) is 5.41 Å². The lowest BCUT2D eigenvalue weighted by molar-refractivity contribution is 0.596. The Bertz CT molecular complexity index is 1770. The molecule has 0 N–H and O–H groups in total. The van der Waals surface area contributed by atoms with E-state index in [4.69, 9.17) is 9.40 Å². The summed E-state index contributed by atoms with van der Waals surface area (Å²) in [7, 11) is 0. The van der Waals surface area contributed by atoms with Crippen LogP contribution >= 0.6 is 0 Å². The highest BCUT2D eigenvalue weighted by Gasteiger charge is 2.20. The number of nitrogens with zero attached hydrogens (tertiary/aromatic N) is 1. The summed E-state index contributed by atoms with van der Waals surface area (Å²) < 4.78 is 6.66. The van der Waals surface area contributed by atoms with E-state index in [1.54, 1.807) is 0 Å². The van der Waals surface area contributed by atoms with Gasteiger partial charge >= 0.3 is 0 Å². The maximum absolute atomic E-state index is 6.66. The molecule has 0 saturated heterocycles. The van der Waals surface area contributed by atoms with E-state index in [1.165, 1.54) is 44.0 Å². The van der Waals surface area contributed by atoms with Gasteiger partial charge in [-0.05, 0) is 100 Å². The molecule has 192 valence electrons. The number of hydrogen-bond donors (Lipinski definition) is 0. The predicted octanol–water partition coefficient (Wildman–Crippen LogP) is 9.50. The number of hydrogen-bond acceptors (Lipinski definition) is 2. The second-order valence-corrected chi connectivity index (χ2v) is 12.0. The minimum atomic E-state index is 0.0291. The molecule has 0 atom stereocenters. The van der Waals surface area contributed by atoms with Crippen LogP contribution in [0.5, 0.6) is 0 Å². The first-order chi connectivity index (χ1) is 18.9. The summed E-state index contributed by atoms with van der Waals surface area (Å²) in [6.45, 7) is 6.84. The smallest absolute Gasteiger partial charge is 0.138 e. The van der Waals surface area contributed by atoms with Gasteiger partial charge in [-0.3, -0.25) is 4.98 Å². The van der Waals surface area contributed by atoms with Gasteiger partial charge in [0.1, 0.15) is 11.3 Å². The molecule has 39 heavy (non-hydrogen) atoms. The zero-order chi connectivity index (χ0) is 26.6. The van der Waals surface area contributed by atoms with Crippen LogP contribution in [-0.4, -0.2) is 4.98 Å². The molecule has 2 aromatic heterocycles. The molecule has 4 aliphatic carbocycles. The zero-order valence-corrected chi connectivity index (χ0v) is 22.9. The van der Waals surface area contributed by atoms with Crippen LogP contribution in [-0.2, 0) is 31.1 Å². The molecule has 4 bridgehead atoms. The SMILES string of the molecule is CC(C)(C)c1cc(-c2cc(-c3cc4c5ccc(c4o3)CCc3ccc(cc3)CC5)ccn2)cc2ccccc12. The molecule has 0 unspecified atom stereocenters. The topological polar surface area (TPSA) is 26.0 Å². The molecule has 0 saturated carbocycles. The molecule has 0 radical (unpaired) electrons. The monoisotopic (exact) mass is 507 g/mol. The minimum absolute atomic E-state index is 0.0291. The fourth-order valence-electron chi connectivity index (χ4n) is 6.04. The van der Waals surface area contributed by atoms with Gasteiger partial charge in [-0.15, -0.1) is 0 Å². The highest BCUT2D eigenvalue weighted by Crippen LogP contribution is 2.37. The van der Waals surface area contributed by atoms with Crippen molar-refractivity contribution >= 4 is 21.7 Å². The molecule has 4 aliphatic rings. The summed E-state index contributed by atoms with van der Waals surface area (Å²) >= 11 is 0. The average molecular weight is 508 g/mol. The summed E-state index contributed by atoms with van der Waals surface area (Å²) in [5.74, 6) is 0.911. The number of pyridine rings is 1. The van der Waals surface area contributed by atoms with Gasteiger partial charge < -0.3 is 4.42 Å².